The SMILES string of the molecule is O=C(NC[C@@H]1[C@@H](O)[C@H](O)[C@@H](CO)O[C@@H]1O)c1cc(Cl)c(OCc2ccccc2)c(Cl)c1. The van der Waals surface area contributed by atoms with E-state index in [1.54, 1.807) is 0 Å². The van der Waals surface area contributed by atoms with Crippen molar-refractivity contribution in [1.82, 2.24) is 5.32 Å². The molecule has 8 nitrogen and oxygen atoms in total. The van der Waals surface area contributed by atoms with Gasteiger partial charge in [-0.2, -0.15) is 0 Å². The lowest BCUT2D eigenvalue weighted by molar-refractivity contribution is -0.268. The highest BCUT2D eigenvalue weighted by molar-refractivity contribution is 6.37. The first-order chi connectivity index (χ1) is 14.8. The molecule has 0 radical (unpaired) electrons. The summed E-state index contributed by atoms with van der Waals surface area (Å²) in [5.41, 5.74) is 1.07. The highest BCUT2D eigenvalue weighted by Crippen LogP contribution is 2.35. The van der Waals surface area contributed by atoms with E-state index in [-0.39, 0.29) is 34.5 Å². The van der Waals surface area contributed by atoms with Crippen LogP contribution in [0.1, 0.15) is 15.9 Å². The molecule has 3 rings (SSSR count). The first-order valence-corrected chi connectivity index (χ1v) is 10.3. The Morgan fingerprint density at radius 2 is 1.71 bits per heavy atom. The number of hydrogen-bond acceptors (Lipinski definition) is 7. The standard InChI is InChI=1S/C21H23Cl2NO7/c22-14-6-12(7-15(23)19(14)30-10-11-4-2-1-3-5-11)20(28)24-8-13-17(26)18(27)16(9-25)31-21(13)29/h1-7,13,16-18,21,25-27,29H,8-10H2,(H,24,28)/t13-,16-,17-,18-,21+/m1/s1. The van der Waals surface area contributed by atoms with Crippen molar-refractivity contribution in [3.05, 3.63) is 63.6 Å². The number of nitrogens with one attached hydrogen (secondary N) is 1. The third kappa shape index (κ3) is 5.67. The maximum atomic E-state index is 12.5. The smallest absolute Gasteiger partial charge is 0.251 e. The van der Waals surface area contributed by atoms with E-state index in [0.29, 0.717) is 0 Å². The highest BCUT2D eigenvalue weighted by atomic mass is 35.5. The van der Waals surface area contributed by atoms with E-state index in [4.69, 9.17) is 37.8 Å². The van der Waals surface area contributed by atoms with E-state index in [0.717, 1.165) is 5.56 Å². The Balaban J connectivity index is 1.63. The van der Waals surface area contributed by atoms with Crippen LogP contribution in [-0.2, 0) is 11.3 Å². The van der Waals surface area contributed by atoms with Gasteiger partial charge in [-0.25, -0.2) is 0 Å². The molecule has 5 N–H and O–H groups in total. The van der Waals surface area contributed by atoms with Crippen LogP contribution in [0.4, 0.5) is 0 Å². The van der Waals surface area contributed by atoms with Gasteiger partial charge in [0.15, 0.2) is 12.0 Å². The molecule has 0 spiro atoms. The topological polar surface area (TPSA) is 128 Å². The van der Waals surface area contributed by atoms with Gasteiger partial charge in [-0.05, 0) is 17.7 Å². The van der Waals surface area contributed by atoms with E-state index in [1.807, 2.05) is 30.3 Å². The van der Waals surface area contributed by atoms with Crippen LogP contribution < -0.4 is 10.1 Å². The van der Waals surface area contributed by atoms with Gasteiger partial charge in [0.2, 0.25) is 0 Å². The third-order valence-corrected chi connectivity index (χ3v) is 5.58. The molecule has 1 fully saturated rings. The lowest BCUT2D eigenvalue weighted by atomic mass is 9.91. The number of amides is 1. The monoisotopic (exact) mass is 471 g/mol. The van der Waals surface area contributed by atoms with Gasteiger partial charge in [-0.1, -0.05) is 53.5 Å². The van der Waals surface area contributed by atoms with E-state index in [1.165, 1.54) is 12.1 Å². The van der Waals surface area contributed by atoms with Gasteiger partial charge in [0.05, 0.1) is 28.7 Å². The predicted molar refractivity (Wildman–Crippen MR) is 113 cm³/mol. The molecule has 1 saturated heterocycles. The summed E-state index contributed by atoms with van der Waals surface area (Å²) in [5, 5.41) is 42.1. The largest absolute Gasteiger partial charge is 0.486 e. The Labute approximate surface area is 188 Å². The molecule has 1 heterocycles. The minimum atomic E-state index is -1.48. The molecule has 31 heavy (non-hydrogen) atoms. The van der Waals surface area contributed by atoms with Crippen molar-refractivity contribution < 1.29 is 34.7 Å². The molecule has 0 aromatic heterocycles. The normalized spacial score (nSPS) is 25.8. The molecule has 1 aliphatic rings. The second-order valence-electron chi connectivity index (χ2n) is 7.15. The molecule has 168 valence electrons. The van der Waals surface area contributed by atoms with Gasteiger partial charge in [-0.3, -0.25) is 4.79 Å². The van der Waals surface area contributed by atoms with Crippen LogP contribution in [0.2, 0.25) is 10.0 Å². The second kappa shape index (κ2) is 10.6. The van der Waals surface area contributed by atoms with Crippen molar-refractivity contribution in [3.63, 3.8) is 0 Å². The van der Waals surface area contributed by atoms with Gasteiger partial charge >= 0.3 is 0 Å². The van der Waals surface area contributed by atoms with Crippen LogP contribution in [-0.4, -0.2) is 64.1 Å². The van der Waals surface area contributed by atoms with Crippen molar-refractivity contribution >= 4 is 29.1 Å². The Hall–Kier alpha value is -1.91. The Bertz CT molecular complexity index is 876. The number of aliphatic hydroxyl groups excluding tert-OH is 4. The van der Waals surface area contributed by atoms with Crippen LogP contribution >= 0.6 is 23.2 Å². The van der Waals surface area contributed by atoms with E-state index < -0.39 is 43.0 Å². The number of ether oxygens (including phenoxy) is 2. The fourth-order valence-corrected chi connectivity index (χ4v) is 3.84. The maximum Gasteiger partial charge on any atom is 0.251 e. The molecule has 2 aromatic rings. The summed E-state index contributed by atoms with van der Waals surface area (Å²) in [6, 6.07) is 12.2. The molecule has 2 aromatic carbocycles. The summed E-state index contributed by atoms with van der Waals surface area (Å²) in [4.78, 5) is 12.5. The van der Waals surface area contributed by atoms with Gasteiger partial charge in [0, 0.05) is 12.1 Å². The number of rotatable bonds is 7. The van der Waals surface area contributed by atoms with Gasteiger partial charge < -0.3 is 35.2 Å². The number of benzene rings is 2. The first kappa shape index (κ1) is 23.7. The summed E-state index contributed by atoms with van der Waals surface area (Å²) >= 11 is 12.5. The number of hydrogen-bond donors (Lipinski definition) is 5. The molecule has 0 unspecified atom stereocenters. The first-order valence-electron chi connectivity index (χ1n) is 9.56. The Kier molecular flexibility index (Phi) is 8.12. The van der Waals surface area contributed by atoms with Gasteiger partial charge in [-0.15, -0.1) is 0 Å². The van der Waals surface area contributed by atoms with Crippen LogP contribution in [0, 0.1) is 5.92 Å². The third-order valence-electron chi connectivity index (χ3n) is 5.01. The fourth-order valence-electron chi connectivity index (χ4n) is 3.25. The predicted octanol–water partition coefficient (Wildman–Crippen LogP) is 1.35. The summed E-state index contributed by atoms with van der Waals surface area (Å²) in [6.45, 7) is -0.512. The number of carbonyl (C=O) groups excluding carboxylic acids is 1. The van der Waals surface area contributed by atoms with E-state index in [9.17, 15) is 20.1 Å². The van der Waals surface area contributed by atoms with Crippen molar-refractivity contribution in [1.29, 1.82) is 0 Å². The summed E-state index contributed by atoms with van der Waals surface area (Å²) in [6.07, 6.45) is -5.39. The average Bonchev–Trinajstić information content (AvgIpc) is 2.76. The summed E-state index contributed by atoms with van der Waals surface area (Å²) < 4.78 is 10.7. The molecule has 10 heteroatoms. The zero-order valence-corrected chi connectivity index (χ0v) is 17.8. The molecule has 5 atom stereocenters. The zero-order valence-electron chi connectivity index (χ0n) is 16.3. The minimum absolute atomic E-state index is 0.149. The maximum absolute atomic E-state index is 12.5. The van der Waals surface area contributed by atoms with Crippen LogP contribution in [0.5, 0.6) is 5.75 Å². The number of carbonyl (C=O) groups is 1. The van der Waals surface area contributed by atoms with Crippen LogP contribution in [0.25, 0.3) is 0 Å². The van der Waals surface area contributed by atoms with Crippen LogP contribution in [0.15, 0.2) is 42.5 Å². The minimum Gasteiger partial charge on any atom is -0.486 e. The molecular weight excluding hydrogens is 449 g/mol. The quantitative estimate of drug-likeness (QED) is 0.412. The summed E-state index contributed by atoms with van der Waals surface area (Å²) in [5.74, 6) is -1.31. The van der Waals surface area contributed by atoms with Crippen molar-refractivity contribution in [2.45, 2.75) is 31.2 Å². The van der Waals surface area contributed by atoms with Crippen molar-refractivity contribution in [3.8, 4) is 5.75 Å². The average molecular weight is 472 g/mol. The lowest BCUT2D eigenvalue weighted by Gasteiger charge is -2.40. The van der Waals surface area contributed by atoms with E-state index in [2.05, 4.69) is 5.32 Å². The number of halogens is 2. The highest BCUT2D eigenvalue weighted by Gasteiger charge is 2.43. The molecule has 0 saturated carbocycles. The van der Waals surface area contributed by atoms with Crippen molar-refractivity contribution in [2.24, 2.45) is 5.92 Å². The lowest BCUT2D eigenvalue weighted by Crippen LogP contribution is -2.58. The molecule has 1 amide bonds. The van der Waals surface area contributed by atoms with Crippen LogP contribution in [0.3, 0.4) is 0 Å². The summed E-state index contributed by atoms with van der Waals surface area (Å²) in [7, 11) is 0. The fraction of sp³-hybridized carbons (Fsp3) is 0.381. The van der Waals surface area contributed by atoms with E-state index >= 15 is 0 Å². The molecule has 0 aliphatic carbocycles. The molecule has 0 bridgehead atoms. The van der Waals surface area contributed by atoms with Crippen molar-refractivity contribution in [2.75, 3.05) is 13.2 Å². The Morgan fingerprint density at radius 1 is 1.06 bits per heavy atom. The molecular formula is C21H23Cl2NO7. The zero-order chi connectivity index (χ0) is 22.5. The second-order valence-corrected chi connectivity index (χ2v) is 7.96. The van der Waals surface area contributed by atoms with Gasteiger partial charge in [0.1, 0.15) is 18.8 Å². The molecule has 1 aliphatic heterocycles. The number of aliphatic hydroxyl groups is 4. The Morgan fingerprint density at radius 3 is 2.32 bits per heavy atom. The van der Waals surface area contributed by atoms with Gasteiger partial charge in [0.25, 0.3) is 5.91 Å².